The molecule has 0 saturated heterocycles. The first kappa shape index (κ1) is 16.2. The number of methoxy groups -OCH3 is 1. The van der Waals surface area contributed by atoms with E-state index >= 15 is 0 Å². The van der Waals surface area contributed by atoms with Gasteiger partial charge in [0.2, 0.25) is 0 Å². The highest BCUT2D eigenvalue weighted by Gasteiger charge is 2.09. The van der Waals surface area contributed by atoms with E-state index in [0.717, 1.165) is 45.6 Å². The zero-order valence-corrected chi connectivity index (χ0v) is 12.2. The van der Waals surface area contributed by atoms with E-state index in [0.29, 0.717) is 5.92 Å². The molecule has 3 nitrogen and oxygen atoms in total. The van der Waals surface area contributed by atoms with Gasteiger partial charge >= 0.3 is 0 Å². The van der Waals surface area contributed by atoms with Crippen LogP contribution >= 0.6 is 0 Å². The number of hydrogen-bond donors (Lipinski definition) is 1. The Morgan fingerprint density at radius 3 is 2.63 bits per heavy atom. The molecule has 2 N–H and O–H groups in total. The van der Waals surface area contributed by atoms with Crippen LogP contribution in [-0.4, -0.2) is 33.5 Å². The van der Waals surface area contributed by atoms with Crippen LogP contribution in [0.25, 0.3) is 0 Å². The zero-order chi connectivity index (χ0) is 13.9. The van der Waals surface area contributed by atoms with Gasteiger partial charge in [0.15, 0.2) is 0 Å². The molecule has 1 aromatic rings. The Balaban J connectivity index is 2.24. The molecular formula is C16H27NO2. The van der Waals surface area contributed by atoms with Crippen molar-refractivity contribution in [3.05, 3.63) is 35.4 Å². The number of nitrogens with two attached hydrogens (primary N) is 1. The van der Waals surface area contributed by atoms with Gasteiger partial charge in [-0.1, -0.05) is 24.3 Å². The number of ether oxygens (including phenoxy) is 2. The van der Waals surface area contributed by atoms with Crippen molar-refractivity contribution >= 4 is 0 Å². The molecule has 0 fully saturated rings. The molecule has 1 rings (SSSR count). The predicted octanol–water partition coefficient (Wildman–Crippen LogP) is 2.56. The standard InChI is InChI=1S/C16H27NO2/c1-14-6-3-4-7-16(14)12-15(13-17)8-11-19-10-5-9-18-2/h3-4,6-7,15H,5,8-13,17H2,1-2H3. The molecule has 0 saturated carbocycles. The van der Waals surface area contributed by atoms with Crippen molar-refractivity contribution in [1.82, 2.24) is 0 Å². The Labute approximate surface area is 117 Å². The molecule has 0 aliphatic carbocycles. The lowest BCUT2D eigenvalue weighted by Gasteiger charge is -2.16. The average molecular weight is 265 g/mol. The van der Waals surface area contributed by atoms with E-state index in [2.05, 4.69) is 31.2 Å². The second-order valence-corrected chi connectivity index (χ2v) is 4.98. The van der Waals surface area contributed by atoms with E-state index in [1.165, 1.54) is 11.1 Å². The normalized spacial score (nSPS) is 12.6. The summed E-state index contributed by atoms with van der Waals surface area (Å²) in [6.07, 6.45) is 3.03. The summed E-state index contributed by atoms with van der Waals surface area (Å²) in [6, 6.07) is 8.52. The fourth-order valence-electron chi connectivity index (χ4n) is 2.11. The number of hydrogen-bond acceptors (Lipinski definition) is 3. The molecule has 0 spiro atoms. The lowest BCUT2D eigenvalue weighted by molar-refractivity contribution is 0.0942. The van der Waals surface area contributed by atoms with E-state index in [-0.39, 0.29) is 0 Å². The summed E-state index contributed by atoms with van der Waals surface area (Å²) < 4.78 is 10.6. The van der Waals surface area contributed by atoms with Gasteiger partial charge in [-0.05, 0) is 49.8 Å². The van der Waals surface area contributed by atoms with Gasteiger partial charge in [0.25, 0.3) is 0 Å². The smallest absolute Gasteiger partial charge is 0.0487 e. The number of rotatable bonds is 10. The summed E-state index contributed by atoms with van der Waals surface area (Å²) in [7, 11) is 1.71. The Bertz CT molecular complexity index is 341. The first-order valence-corrected chi connectivity index (χ1v) is 7.09. The topological polar surface area (TPSA) is 44.5 Å². The first-order chi connectivity index (χ1) is 9.27. The van der Waals surface area contributed by atoms with Gasteiger partial charge in [0.05, 0.1) is 0 Å². The maximum Gasteiger partial charge on any atom is 0.0487 e. The van der Waals surface area contributed by atoms with E-state index in [1.807, 2.05) is 0 Å². The minimum absolute atomic E-state index is 0.503. The third kappa shape index (κ3) is 6.71. The van der Waals surface area contributed by atoms with Crippen molar-refractivity contribution in [2.24, 2.45) is 11.7 Å². The lowest BCUT2D eigenvalue weighted by Crippen LogP contribution is -2.19. The van der Waals surface area contributed by atoms with Crippen LogP contribution < -0.4 is 5.73 Å². The van der Waals surface area contributed by atoms with Gasteiger partial charge < -0.3 is 15.2 Å². The fourth-order valence-corrected chi connectivity index (χ4v) is 2.11. The molecule has 0 aromatic heterocycles. The second-order valence-electron chi connectivity index (χ2n) is 4.98. The Morgan fingerprint density at radius 1 is 1.16 bits per heavy atom. The molecule has 3 heteroatoms. The first-order valence-electron chi connectivity index (χ1n) is 7.09. The van der Waals surface area contributed by atoms with Crippen molar-refractivity contribution in [2.45, 2.75) is 26.2 Å². The van der Waals surface area contributed by atoms with Crippen LogP contribution in [0, 0.1) is 12.8 Å². The van der Waals surface area contributed by atoms with Crippen LogP contribution in [0.5, 0.6) is 0 Å². The Morgan fingerprint density at radius 2 is 1.95 bits per heavy atom. The lowest BCUT2D eigenvalue weighted by atomic mass is 9.94. The van der Waals surface area contributed by atoms with Gasteiger partial charge in [-0.2, -0.15) is 0 Å². The van der Waals surface area contributed by atoms with Crippen LogP contribution in [0.2, 0.25) is 0 Å². The Kier molecular flexibility index (Phi) is 8.47. The SMILES string of the molecule is COCCCOCCC(CN)Cc1ccccc1C. The van der Waals surface area contributed by atoms with Gasteiger partial charge in [-0.3, -0.25) is 0 Å². The van der Waals surface area contributed by atoms with Crippen molar-refractivity contribution in [3.63, 3.8) is 0 Å². The summed E-state index contributed by atoms with van der Waals surface area (Å²) in [5.41, 5.74) is 8.61. The molecule has 0 radical (unpaired) electrons. The maximum absolute atomic E-state index is 5.86. The summed E-state index contributed by atoms with van der Waals surface area (Å²) in [5, 5.41) is 0. The highest BCUT2D eigenvalue weighted by Crippen LogP contribution is 2.15. The molecule has 0 aliphatic rings. The minimum atomic E-state index is 0.503. The van der Waals surface area contributed by atoms with E-state index in [1.54, 1.807) is 7.11 Å². The largest absolute Gasteiger partial charge is 0.385 e. The average Bonchev–Trinajstić information content (AvgIpc) is 2.43. The molecule has 0 aliphatic heterocycles. The van der Waals surface area contributed by atoms with Crippen LogP contribution in [-0.2, 0) is 15.9 Å². The molecule has 0 heterocycles. The molecule has 0 amide bonds. The quantitative estimate of drug-likeness (QED) is 0.661. The second kappa shape index (κ2) is 9.96. The van der Waals surface area contributed by atoms with E-state index < -0.39 is 0 Å². The van der Waals surface area contributed by atoms with Crippen molar-refractivity contribution in [2.75, 3.05) is 33.5 Å². The molecule has 0 bridgehead atoms. The number of aryl methyl sites for hydroxylation is 1. The zero-order valence-electron chi connectivity index (χ0n) is 12.2. The fraction of sp³-hybridized carbons (Fsp3) is 0.625. The summed E-state index contributed by atoms with van der Waals surface area (Å²) >= 11 is 0. The van der Waals surface area contributed by atoms with Crippen LogP contribution in [0.3, 0.4) is 0 Å². The third-order valence-corrected chi connectivity index (χ3v) is 3.41. The summed E-state index contributed by atoms with van der Waals surface area (Å²) in [6.45, 7) is 5.20. The van der Waals surface area contributed by atoms with E-state index in [4.69, 9.17) is 15.2 Å². The molecule has 1 unspecified atom stereocenters. The molecular weight excluding hydrogens is 238 g/mol. The summed E-state index contributed by atoms with van der Waals surface area (Å²) in [4.78, 5) is 0. The maximum atomic E-state index is 5.86. The van der Waals surface area contributed by atoms with Crippen LogP contribution in [0.4, 0.5) is 0 Å². The van der Waals surface area contributed by atoms with Crippen molar-refractivity contribution < 1.29 is 9.47 Å². The number of benzene rings is 1. The highest BCUT2D eigenvalue weighted by atomic mass is 16.5. The van der Waals surface area contributed by atoms with Crippen molar-refractivity contribution in [1.29, 1.82) is 0 Å². The third-order valence-electron chi connectivity index (χ3n) is 3.41. The van der Waals surface area contributed by atoms with Gasteiger partial charge in [-0.15, -0.1) is 0 Å². The molecule has 1 atom stereocenters. The van der Waals surface area contributed by atoms with Crippen LogP contribution in [0.15, 0.2) is 24.3 Å². The van der Waals surface area contributed by atoms with Crippen LogP contribution in [0.1, 0.15) is 24.0 Å². The van der Waals surface area contributed by atoms with Gasteiger partial charge in [0, 0.05) is 26.9 Å². The van der Waals surface area contributed by atoms with Gasteiger partial charge in [0.1, 0.15) is 0 Å². The molecule has 19 heavy (non-hydrogen) atoms. The minimum Gasteiger partial charge on any atom is -0.385 e. The van der Waals surface area contributed by atoms with Crippen molar-refractivity contribution in [3.8, 4) is 0 Å². The predicted molar refractivity (Wildman–Crippen MR) is 79.4 cm³/mol. The summed E-state index contributed by atoms with van der Waals surface area (Å²) in [5.74, 6) is 0.503. The molecule has 1 aromatic carbocycles. The highest BCUT2D eigenvalue weighted by molar-refractivity contribution is 5.25. The Hall–Kier alpha value is -0.900. The van der Waals surface area contributed by atoms with Gasteiger partial charge in [-0.25, -0.2) is 0 Å². The molecule has 108 valence electrons. The monoisotopic (exact) mass is 265 g/mol. The van der Waals surface area contributed by atoms with E-state index in [9.17, 15) is 0 Å².